The molecule has 1 N–H and O–H groups in total. The van der Waals surface area contributed by atoms with Gasteiger partial charge in [0.15, 0.2) is 0 Å². The molecule has 180 valence electrons. The topological polar surface area (TPSA) is 54.0 Å². The molecule has 0 unspecified atom stereocenters. The third kappa shape index (κ3) is 4.29. The van der Waals surface area contributed by atoms with Crippen molar-refractivity contribution in [1.29, 1.82) is 0 Å². The van der Waals surface area contributed by atoms with Crippen molar-refractivity contribution in [3.05, 3.63) is 53.6 Å². The molecular formula is C28H35N3O3. The summed E-state index contributed by atoms with van der Waals surface area (Å²) in [6, 6.07) is 14.8. The van der Waals surface area contributed by atoms with Crippen LogP contribution in [0.4, 0.5) is 11.4 Å². The largest absolute Gasteiger partial charge is 0.462 e. The molecule has 0 radical (unpaired) electrons. The van der Waals surface area contributed by atoms with E-state index in [1.165, 1.54) is 19.3 Å². The SMILES string of the molecule is C[C@@H]1CCN(C(=O)c2ccc(Nc3ccc4c(c3)COC3(CCN(C5CCC5)CC3)O4)cc2)C1. The summed E-state index contributed by atoms with van der Waals surface area (Å²) in [4.78, 5) is 17.3. The average molecular weight is 462 g/mol. The van der Waals surface area contributed by atoms with Crippen LogP contribution in [0.1, 0.15) is 61.4 Å². The van der Waals surface area contributed by atoms with E-state index in [1.54, 1.807) is 0 Å². The Morgan fingerprint density at radius 2 is 1.76 bits per heavy atom. The Hall–Kier alpha value is -2.57. The molecule has 6 nitrogen and oxygen atoms in total. The molecular weight excluding hydrogens is 426 g/mol. The zero-order valence-electron chi connectivity index (χ0n) is 20.1. The number of nitrogens with zero attached hydrogens (tertiary/aromatic N) is 2. The molecule has 1 atom stereocenters. The minimum absolute atomic E-state index is 0.131. The first kappa shape index (κ1) is 21.9. The predicted octanol–water partition coefficient (Wildman–Crippen LogP) is 5.17. The van der Waals surface area contributed by atoms with Crippen molar-refractivity contribution in [2.24, 2.45) is 5.92 Å². The van der Waals surface area contributed by atoms with Crippen LogP contribution in [0.2, 0.25) is 0 Å². The summed E-state index contributed by atoms with van der Waals surface area (Å²) in [5.74, 6) is 1.20. The summed E-state index contributed by atoms with van der Waals surface area (Å²) in [5, 5.41) is 3.46. The molecule has 1 spiro atoms. The number of carbonyl (C=O) groups is 1. The lowest BCUT2D eigenvalue weighted by Gasteiger charge is -2.47. The Kier molecular flexibility index (Phi) is 5.74. The molecule has 1 amide bonds. The second-order valence-corrected chi connectivity index (χ2v) is 10.6. The van der Waals surface area contributed by atoms with Gasteiger partial charge in [-0.25, -0.2) is 0 Å². The maximum atomic E-state index is 12.7. The first-order valence-corrected chi connectivity index (χ1v) is 12.9. The van der Waals surface area contributed by atoms with Crippen molar-refractivity contribution in [2.45, 2.75) is 63.9 Å². The number of hydrogen-bond acceptors (Lipinski definition) is 5. The summed E-state index contributed by atoms with van der Waals surface area (Å²) < 4.78 is 12.7. The summed E-state index contributed by atoms with van der Waals surface area (Å²) in [7, 11) is 0. The molecule has 2 aromatic carbocycles. The molecule has 0 aromatic heterocycles. The number of nitrogens with one attached hydrogen (secondary N) is 1. The Bertz CT molecular complexity index is 1040. The third-order valence-electron chi connectivity index (χ3n) is 8.13. The molecule has 2 aromatic rings. The normalized spacial score (nSPS) is 24.4. The van der Waals surface area contributed by atoms with Gasteiger partial charge < -0.3 is 19.7 Å². The third-order valence-corrected chi connectivity index (χ3v) is 8.13. The maximum absolute atomic E-state index is 12.7. The van der Waals surface area contributed by atoms with Crippen LogP contribution in [0.3, 0.4) is 0 Å². The lowest BCUT2D eigenvalue weighted by atomic mass is 9.89. The number of benzene rings is 2. The zero-order chi connectivity index (χ0) is 23.1. The van der Waals surface area contributed by atoms with Crippen LogP contribution in [0.15, 0.2) is 42.5 Å². The van der Waals surface area contributed by atoms with E-state index in [2.05, 4.69) is 35.3 Å². The molecule has 2 saturated heterocycles. The van der Waals surface area contributed by atoms with Crippen molar-refractivity contribution in [1.82, 2.24) is 9.80 Å². The van der Waals surface area contributed by atoms with Crippen LogP contribution in [0.25, 0.3) is 0 Å². The number of piperidine rings is 1. The van der Waals surface area contributed by atoms with E-state index in [0.29, 0.717) is 12.5 Å². The molecule has 1 aliphatic carbocycles. The van der Waals surface area contributed by atoms with Crippen molar-refractivity contribution >= 4 is 17.3 Å². The van der Waals surface area contributed by atoms with E-state index in [4.69, 9.17) is 9.47 Å². The second kappa shape index (κ2) is 8.90. The van der Waals surface area contributed by atoms with E-state index in [9.17, 15) is 4.79 Å². The van der Waals surface area contributed by atoms with Gasteiger partial charge in [-0.15, -0.1) is 0 Å². The van der Waals surface area contributed by atoms with E-state index in [0.717, 1.165) is 79.7 Å². The van der Waals surface area contributed by atoms with Gasteiger partial charge in [-0.1, -0.05) is 13.3 Å². The van der Waals surface area contributed by atoms with Gasteiger partial charge in [0, 0.05) is 67.6 Å². The van der Waals surface area contributed by atoms with Crippen LogP contribution in [0.5, 0.6) is 5.75 Å². The van der Waals surface area contributed by atoms with E-state index in [1.807, 2.05) is 29.2 Å². The molecule has 4 aliphatic rings. The van der Waals surface area contributed by atoms with Gasteiger partial charge in [0.1, 0.15) is 5.75 Å². The van der Waals surface area contributed by atoms with Crippen LogP contribution in [-0.2, 0) is 11.3 Å². The molecule has 3 aliphatic heterocycles. The first-order chi connectivity index (χ1) is 16.6. The van der Waals surface area contributed by atoms with E-state index < -0.39 is 5.79 Å². The van der Waals surface area contributed by atoms with Crippen LogP contribution in [-0.4, -0.2) is 53.7 Å². The molecule has 0 bridgehead atoms. The predicted molar refractivity (Wildman–Crippen MR) is 132 cm³/mol. The maximum Gasteiger partial charge on any atom is 0.253 e. The van der Waals surface area contributed by atoms with Crippen molar-refractivity contribution in [3.8, 4) is 5.75 Å². The van der Waals surface area contributed by atoms with Gasteiger partial charge in [-0.2, -0.15) is 0 Å². The Morgan fingerprint density at radius 1 is 1.00 bits per heavy atom. The van der Waals surface area contributed by atoms with Gasteiger partial charge in [-0.05, 0) is 67.6 Å². The van der Waals surface area contributed by atoms with Crippen molar-refractivity contribution in [2.75, 3.05) is 31.5 Å². The van der Waals surface area contributed by atoms with E-state index >= 15 is 0 Å². The van der Waals surface area contributed by atoms with Gasteiger partial charge in [0.2, 0.25) is 5.79 Å². The van der Waals surface area contributed by atoms with Crippen LogP contribution >= 0.6 is 0 Å². The van der Waals surface area contributed by atoms with Crippen molar-refractivity contribution < 1.29 is 14.3 Å². The molecule has 3 fully saturated rings. The summed E-state index contributed by atoms with van der Waals surface area (Å²) >= 11 is 0. The summed E-state index contributed by atoms with van der Waals surface area (Å²) in [5.41, 5.74) is 3.78. The minimum Gasteiger partial charge on any atom is -0.462 e. The highest BCUT2D eigenvalue weighted by atomic mass is 16.7. The van der Waals surface area contributed by atoms with Gasteiger partial charge in [0.25, 0.3) is 5.91 Å². The van der Waals surface area contributed by atoms with E-state index in [-0.39, 0.29) is 5.91 Å². The second-order valence-electron chi connectivity index (χ2n) is 10.6. The lowest BCUT2D eigenvalue weighted by Crippen LogP contribution is -2.54. The van der Waals surface area contributed by atoms with Gasteiger partial charge >= 0.3 is 0 Å². The Balaban J connectivity index is 1.07. The number of likely N-dealkylation sites (tertiary alicyclic amines) is 2. The van der Waals surface area contributed by atoms with Crippen LogP contribution < -0.4 is 10.1 Å². The Morgan fingerprint density at radius 3 is 2.44 bits per heavy atom. The standard InChI is InChI=1S/C28H35N3O3/c1-20-11-14-31(18-20)27(32)21-5-7-23(8-6-21)29-24-9-10-26-22(17-24)19-33-28(34-26)12-15-30(16-13-28)25-3-2-4-25/h5-10,17,20,25,29H,2-4,11-16,18-19H2,1H3/t20-/m1/s1. The number of hydrogen-bond donors (Lipinski definition) is 1. The smallest absolute Gasteiger partial charge is 0.253 e. The number of ether oxygens (including phenoxy) is 2. The zero-order valence-corrected chi connectivity index (χ0v) is 20.1. The van der Waals surface area contributed by atoms with Gasteiger partial charge in [-0.3, -0.25) is 9.69 Å². The summed E-state index contributed by atoms with van der Waals surface area (Å²) in [6.45, 7) is 6.63. The lowest BCUT2D eigenvalue weighted by molar-refractivity contribution is -0.231. The fraction of sp³-hybridized carbons (Fsp3) is 0.536. The highest BCUT2D eigenvalue weighted by Crippen LogP contribution is 2.40. The highest BCUT2D eigenvalue weighted by molar-refractivity contribution is 5.94. The number of amides is 1. The molecule has 3 heterocycles. The molecule has 1 saturated carbocycles. The first-order valence-electron chi connectivity index (χ1n) is 12.9. The van der Waals surface area contributed by atoms with Crippen molar-refractivity contribution in [3.63, 3.8) is 0 Å². The molecule has 34 heavy (non-hydrogen) atoms. The number of rotatable bonds is 4. The fourth-order valence-corrected chi connectivity index (χ4v) is 5.70. The number of fused-ring (bicyclic) bond motifs is 1. The monoisotopic (exact) mass is 461 g/mol. The number of anilines is 2. The number of carbonyl (C=O) groups excluding carboxylic acids is 1. The summed E-state index contributed by atoms with van der Waals surface area (Å²) in [6.07, 6.45) is 7.04. The van der Waals surface area contributed by atoms with Crippen LogP contribution in [0, 0.1) is 5.92 Å². The fourth-order valence-electron chi connectivity index (χ4n) is 5.70. The molecule has 6 rings (SSSR count). The minimum atomic E-state index is -0.461. The van der Waals surface area contributed by atoms with Gasteiger partial charge in [0.05, 0.1) is 6.61 Å². The highest BCUT2D eigenvalue weighted by Gasteiger charge is 2.42. The quantitative estimate of drug-likeness (QED) is 0.681. The average Bonchev–Trinajstić information content (AvgIpc) is 3.26. The Labute approximate surface area is 202 Å². The molecule has 6 heteroatoms.